The van der Waals surface area contributed by atoms with E-state index in [1.807, 2.05) is 0 Å². The fourth-order valence-electron chi connectivity index (χ4n) is 0.934. The SMILES string of the molecule is COC(=O)C=CC(=O)c1ccc(O)cc1. The summed E-state index contributed by atoms with van der Waals surface area (Å²) in [5.41, 5.74) is 0.396. The number of ether oxygens (including phenoxy) is 1. The van der Waals surface area contributed by atoms with Gasteiger partial charge in [0.1, 0.15) is 5.75 Å². The van der Waals surface area contributed by atoms with E-state index in [9.17, 15) is 9.59 Å². The number of hydrogen-bond donors (Lipinski definition) is 1. The molecule has 0 bridgehead atoms. The van der Waals surface area contributed by atoms with Gasteiger partial charge in [-0.3, -0.25) is 4.79 Å². The second-order valence-electron chi connectivity index (χ2n) is 2.77. The van der Waals surface area contributed by atoms with Gasteiger partial charge >= 0.3 is 5.97 Å². The first-order chi connectivity index (χ1) is 7.13. The topological polar surface area (TPSA) is 63.6 Å². The maximum atomic E-state index is 11.4. The maximum absolute atomic E-state index is 11.4. The van der Waals surface area contributed by atoms with Gasteiger partial charge in [0, 0.05) is 11.6 Å². The van der Waals surface area contributed by atoms with Gasteiger partial charge in [-0.25, -0.2) is 4.79 Å². The van der Waals surface area contributed by atoms with Crippen LogP contribution in [0.25, 0.3) is 0 Å². The smallest absolute Gasteiger partial charge is 0.330 e. The minimum Gasteiger partial charge on any atom is -0.508 e. The molecule has 15 heavy (non-hydrogen) atoms. The Labute approximate surface area is 86.8 Å². The number of methoxy groups -OCH3 is 1. The monoisotopic (exact) mass is 206 g/mol. The summed E-state index contributed by atoms with van der Waals surface area (Å²) in [6.45, 7) is 0. The highest BCUT2D eigenvalue weighted by Crippen LogP contribution is 2.10. The lowest BCUT2D eigenvalue weighted by atomic mass is 10.1. The molecule has 4 nitrogen and oxygen atoms in total. The van der Waals surface area contributed by atoms with E-state index in [-0.39, 0.29) is 11.5 Å². The Morgan fingerprint density at radius 1 is 1.20 bits per heavy atom. The molecule has 0 heterocycles. The number of aromatic hydroxyl groups is 1. The summed E-state index contributed by atoms with van der Waals surface area (Å²) in [4.78, 5) is 22.1. The number of ketones is 1. The van der Waals surface area contributed by atoms with Crippen LogP contribution in [0.5, 0.6) is 5.75 Å². The fraction of sp³-hybridized carbons (Fsp3) is 0.0909. The Kier molecular flexibility index (Phi) is 3.62. The molecule has 0 fully saturated rings. The third kappa shape index (κ3) is 3.27. The van der Waals surface area contributed by atoms with Crippen LogP contribution in [0.2, 0.25) is 0 Å². The highest BCUT2D eigenvalue weighted by Gasteiger charge is 2.02. The third-order valence-corrected chi connectivity index (χ3v) is 1.72. The summed E-state index contributed by atoms with van der Waals surface area (Å²) >= 11 is 0. The summed E-state index contributed by atoms with van der Waals surface area (Å²) < 4.78 is 4.34. The van der Waals surface area contributed by atoms with E-state index in [2.05, 4.69) is 4.74 Å². The summed E-state index contributed by atoms with van der Waals surface area (Å²) in [5, 5.41) is 8.99. The quantitative estimate of drug-likeness (QED) is 0.460. The number of benzene rings is 1. The summed E-state index contributed by atoms with van der Waals surface area (Å²) in [7, 11) is 1.23. The van der Waals surface area contributed by atoms with Crippen LogP contribution in [0.3, 0.4) is 0 Å². The van der Waals surface area contributed by atoms with Crippen molar-refractivity contribution in [1.29, 1.82) is 0 Å². The van der Waals surface area contributed by atoms with Crippen LogP contribution in [0.4, 0.5) is 0 Å². The predicted octanol–water partition coefficient (Wildman–Crippen LogP) is 1.30. The van der Waals surface area contributed by atoms with Crippen molar-refractivity contribution in [3.63, 3.8) is 0 Å². The second kappa shape index (κ2) is 4.95. The van der Waals surface area contributed by atoms with E-state index < -0.39 is 5.97 Å². The molecule has 0 aromatic heterocycles. The molecular formula is C11H10O4. The standard InChI is InChI=1S/C11H10O4/c1-15-11(14)7-6-10(13)8-2-4-9(12)5-3-8/h2-7,12H,1H3. The van der Waals surface area contributed by atoms with Gasteiger partial charge in [0.05, 0.1) is 7.11 Å². The Balaban J connectivity index is 2.73. The lowest BCUT2D eigenvalue weighted by Crippen LogP contribution is -1.98. The zero-order valence-electron chi connectivity index (χ0n) is 8.14. The van der Waals surface area contributed by atoms with Crippen LogP contribution in [0, 0.1) is 0 Å². The first kappa shape index (κ1) is 11.0. The van der Waals surface area contributed by atoms with Gasteiger partial charge in [-0.15, -0.1) is 0 Å². The average molecular weight is 206 g/mol. The average Bonchev–Trinajstić information content (AvgIpc) is 2.26. The number of carbonyl (C=O) groups is 2. The summed E-state index contributed by atoms with van der Waals surface area (Å²) in [5.74, 6) is -0.814. The third-order valence-electron chi connectivity index (χ3n) is 1.72. The van der Waals surface area contributed by atoms with Crippen molar-refractivity contribution in [2.45, 2.75) is 0 Å². The van der Waals surface area contributed by atoms with Crippen LogP contribution in [-0.2, 0) is 9.53 Å². The van der Waals surface area contributed by atoms with Gasteiger partial charge in [0.15, 0.2) is 5.78 Å². The van der Waals surface area contributed by atoms with Crippen molar-refractivity contribution in [2.75, 3.05) is 7.11 Å². The zero-order valence-corrected chi connectivity index (χ0v) is 8.14. The molecule has 78 valence electrons. The first-order valence-corrected chi connectivity index (χ1v) is 4.23. The molecule has 0 aliphatic heterocycles. The first-order valence-electron chi connectivity index (χ1n) is 4.23. The fourth-order valence-corrected chi connectivity index (χ4v) is 0.934. The van der Waals surface area contributed by atoms with Gasteiger partial charge < -0.3 is 9.84 Å². The summed E-state index contributed by atoms with van der Waals surface area (Å²) in [6.07, 6.45) is 2.17. The Bertz CT molecular complexity index is 390. The van der Waals surface area contributed by atoms with Crippen LogP contribution >= 0.6 is 0 Å². The molecule has 0 radical (unpaired) electrons. The molecule has 0 amide bonds. The summed E-state index contributed by atoms with van der Waals surface area (Å²) in [6, 6.07) is 5.75. The number of hydrogen-bond acceptors (Lipinski definition) is 4. The minimum atomic E-state index is -0.581. The van der Waals surface area contributed by atoms with Crippen LogP contribution in [0.1, 0.15) is 10.4 Å². The van der Waals surface area contributed by atoms with Crippen LogP contribution in [0.15, 0.2) is 36.4 Å². The van der Waals surface area contributed by atoms with Crippen molar-refractivity contribution >= 4 is 11.8 Å². The largest absolute Gasteiger partial charge is 0.508 e. The molecular weight excluding hydrogens is 196 g/mol. The number of allylic oxidation sites excluding steroid dienone is 1. The van der Waals surface area contributed by atoms with Gasteiger partial charge in [0.2, 0.25) is 0 Å². The zero-order chi connectivity index (χ0) is 11.3. The molecule has 1 rings (SSSR count). The lowest BCUT2D eigenvalue weighted by Gasteiger charge is -1.95. The van der Waals surface area contributed by atoms with Crippen molar-refractivity contribution in [1.82, 2.24) is 0 Å². The van der Waals surface area contributed by atoms with Gasteiger partial charge in [-0.2, -0.15) is 0 Å². The number of phenols is 1. The molecule has 0 aliphatic rings. The Hall–Kier alpha value is -2.10. The van der Waals surface area contributed by atoms with E-state index in [0.29, 0.717) is 5.56 Å². The lowest BCUT2D eigenvalue weighted by molar-refractivity contribution is -0.134. The molecule has 0 atom stereocenters. The Morgan fingerprint density at radius 2 is 1.80 bits per heavy atom. The van der Waals surface area contributed by atoms with E-state index in [1.165, 1.54) is 31.4 Å². The minimum absolute atomic E-state index is 0.0866. The van der Waals surface area contributed by atoms with Crippen molar-refractivity contribution in [2.24, 2.45) is 0 Å². The maximum Gasteiger partial charge on any atom is 0.330 e. The molecule has 1 N–H and O–H groups in total. The molecule has 0 spiro atoms. The molecule has 4 heteroatoms. The number of esters is 1. The van der Waals surface area contributed by atoms with Crippen molar-refractivity contribution in [3.8, 4) is 5.75 Å². The Morgan fingerprint density at radius 3 is 2.33 bits per heavy atom. The van der Waals surface area contributed by atoms with E-state index in [1.54, 1.807) is 0 Å². The molecule has 0 saturated heterocycles. The second-order valence-corrected chi connectivity index (χ2v) is 2.77. The molecule has 0 aliphatic carbocycles. The number of carbonyl (C=O) groups excluding carboxylic acids is 2. The highest BCUT2D eigenvalue weighted by atomic mass is 16.5. The van der Waals surface area contributed by atoms with E-state index >= 15 is 0 Å². The van der Waals surface area contributed by atoms with Gasteiger partial charge in [-0.1, -0.05) is 0 Å². The predicted molar refractivity (Wildman–Crippen MR) is 53.6 cm³/mol. The number of phenolic OH excluding ortho intramolecular Hbond substituents is 1. The van der Waals surface area contributed by atoms with Crippen molar-refractivity contribution in [3.05, 3.63) is 42.0 Å². The molecule has 0 unspecified atom stereocenters. The van der Waals surface area contributed by atoms with Gasteiger partial charge in [0.25, 0.3) is 0 Å². The van der Waals surface area contributed by atoms with Gasteiger partial charge in [-0.05, 0) is 30.3 Å². The molecule has 1 aromatic rings. The normalized spacial score (nSPS) is 10.2. The van der Waals surface area contributed by atoms with E-state index in [0.717, 1.165) is 12.2 Å². The molecule has 1 aromatic carbocycles. The van der Waals surface area contributed by atoms with Crippen molar-refractivity contribution < 1.29 is 19.4 Å². The highest BCUT2D eigenvalue weighted by molar-refractivity contribution is 6.07. The van der Waals surface area contributed by atoms with Crippen LogP contribution < -0.4 is 0 Å². The number of rotatable bonds is 3. The van der Waals surface area contributed by atoms with Crippen LogP contribution in [-0.4, -0.2) is 24.0 Å². The van der Waals surface area contributed by atoms with E-state index in [4.69, 9.17) is 5.11 Å². The molecule has 0 saturated carbocycles.